The first kappa shape index (κ1) is 21.7. The number of likely N-dealkylation sites (N-methyl/N-ethyl adjacent to an activating group) is 1. The first-order valence-electron chi connectivity index (χ1n) is 11.4. The van der Waals surface area contributed by atoms with Crippen molar-refractivity contribution >= 4 is 11.8 Å². The summed E-state index contributed by atoms with van der Waals surface area (Å²) in [7, 11) is 1.57. The molecule has 1 atom stereocenters. The van der Waals surface area contributed by atoms with E-state index in [9.17, 15) is 14.7 Å². The highest BCUT2D eigenvalue weighted by atomic mass is 19.1. The van der Waals surface area contributed by atoms with E-state index in [1.54, 1.807) is 20.0 Å². The number of hydrogen-bond acceptors (Lipinski definition) is 4. The Morgan fingerprint density at radius 1 is 1.33 bits per heavy atom. The Kier molecular flexibility index (Phi) is 4.87. The smallest absolute Gasteiger partial charge is 0.269 e. The van der Waals surface area contributed by atoms with Crippen LogP contribution in [0.3, 0.4) is 0 Å². The van der Waals surface area contributed by atoms with Crippen molar-refractivity contribution in [1.82, 2.24) is 14.5 Å². The molecule has 2 aliphatic heterocycles. The average molecular weight is 451 g/mol. The van der Waals surface area contributed by atoms with Crippen LogP contribution in [-0.2, 0) is 4.79 Å². The van der Waals surface area contributed by atoms with E-state index >= 15 is 4.39 Å². The molecule has 2 aromatic rings. The number of imidazole rings is 1. The highest BCUT2D eigenvalue weighted by molar-refractivity contribution is 5.93. The second-order valence-corrected chi connectivity index (χ2v) is 9.56. The van der Waals surface area contributed by atoms with E-state index in [1.165, 1.54) is 17.9 Å². The molecule has 0 radical (unpaired) electrons. The Hall–Kier alpha value is -3.18. The van der Waals surface area contributed by atoms with Gasteiger partial charge < -0.3 is 20.3 Å². The van der Waals surface area contributed by atoms with E-state index in [-0.39, 0.29) is 23.4 Å². The molecule has 0 spiro atoms. The van der Waals surface area contributed by atoms with E-state index in [2.05, 4.69) is 21.4 Å². The van der Waals surface area contributed by atoms with Crippen LogP contribution in [0.2, 0.25) is 0 Å². The third-order valence-electron chi connectivity index (χ3n) is 7.12. The zero-order chi connectivity index (χ0) is 23.7. The predicted molar refractivity (Wildman–Crippen MR) is 120 cm³/mol. The molecular formula is C25H27FN4O3. The summed E-state index contributed by atoms with van der Waals surface area (Å²) in [4.78, 5) is 30.6. The minimum Gasteiger partial charge on any atom is -0.370 e. The molecule has 3 heterocycles. The number of primary amides is 1. The number of halogens is 1. The van der Waals surface area contributed by atoms with Crippen LogP contribution in [0.25, 0.3) is 11.4 Å². The Labute approximate surface area is 191 Å². The molecule has 1 aromatic heterocycles. The van der Waals surface area contributed by atoms with Crippen molar-refractivity contribution < 1.29 is 19.1 Å². The molecule has 172 valence electrons. The van der Waals surface area contributed by atoms with E-state index < -0.39 is 23.2 Å². The van der Waals surface area contributed by atoms with Crippen molar-refractivity contribution in [3.05, 3.63) is 40.5 Å². The number of benzene rings is 1. The van der Waals surface area contributed by atoms with Crippen LogP contribution in [0.1, 0.15) is 84.7 Å². The molecule has 1 aromatic carbocycles. The van der Waals surface area contributed by atoms with Crippen molar-refractivity contribution in [3.63, 3.8) is 0 Å². The first-order valence-corrected chi connectivity index (χ1v) is 11.4. The van der Waals surface area contributed by atoms with Gasteiger partial charge in [-0.05, 0) is 63.1 Å². The van der Waals surface area contributed by atoms with Crippen LogP contribution in [-0.4, -0.2) is 50.6 Å². The number of amides is 2. The fourth-order valence-electron chi connectivity index (χ4n) is 4.96. The van der Waals surface area contributed by atoms with Crippen LogP contribution < -0.4 is 5.73 Å². The van der Waals surface area contributed by atoms with Crippen molar-refractivity contribution in [1.29, 1.82) is 0 Å². The van der Waals surface area contributed by atoms with E-state index in [4.69, 9.17) is 5.73 Å². The molecule has 0 saturated heterocycles. The Balaban J connectivity index is 1.63. The molecule has 2 amide bonds. The van der Waals surface area contributed by atoms with Gasteiger partial charge in [0.05, 0.1) is 11.3 Å². The van der Waals surface area contributed by atoms with Crippen molar-refractivity contribution in [2.24, 2.45) is 5.73 Å². The monoisotopic (exact) mass is 450 g/mol. The van der Waals surface area contributed by atoms with Crippen molar-refractivity contribution in [2.45, 2.75) is 63.0 Å². The normalized spacial score (nSPS) is 22.0. The maximum atomic E-state index is 15.0. The fraction of sp³-hybridized carbons (Fsp3) is 0.480. The molecule has 2 saturated carbocycles. The molecule has 7 nitrogen and oxygen atoms in total. The maximum absolute atomic E-state index is 15.0. The van der Waals surface area contributed by atoms with Crippen LogP contribution in [0, 0.1) is 17.7 Å². The van der Waals surface area contributed by atoms with E-state index in [1.807, 2.05) is 0 Å². The number of hydrogen-bond donors (Lipinski definition) is 2. The number of aromatic nitrogens is 2. The van der Waals surface area contributed by atoms with Gasteiger partial charge in [0.15, 0.2) is 0 Å². The van der Waals surface area contributed by atoms with E-state index in [0.717, 1.165) is 42.5 Å². The topological polar surface area (TPSA) is 101 Å². The van der Waals surface area contributed by atoms with Gasteiger partial charge in [-0.1, -0.05) is 11.8 Å². The lowest BCUT2D eigenvalue weighted by Gasteiger charge is -2.35. The van der Waals surface area contributed by atoms with Gasteiger partial charge >= 0.3 is 0 Å². The van der Waals surface area contributed by atoms with Gasteiger partial charge in [0.2, 0.25) is 5.60 Å². The van der Waals surface area contributed by atoms with Crippen LogP contribution in [0.5, 0.6) is 0 Å². The third-order valence-corrected chi connectivity index (χ3v) is 7.12. The Morgan fingerprint density at radius 2 is 2.03 bits per heavy atom. The molecule has 6 rings (SSSR count). The average Bonchev–Trinajstić information content (AvgIpc) is 3.54. The lowest BCUT2D eigenvalue weighted by atomic mass is 9.75. The molecule has 4 aliphatic rings. The van der Waals surface area contributed by atoms with Crippen LogP contribution in [0.4, 0.5) is 4.39 Å². The molecule has 2 aliphatic carbocycles. The number of nitrogens with zero attached hydrogens (tertiary/aromatic N) is 3. The quantitative estimate of drug-likeness (QED) is 0.700. The third kappa shape index (κ3) is 3.42. The van der Waals surface area contributed by atoms with Crippen molar-refractivity contribution in [2.75, 3.05) is 13.6 Å². The SMILES string of the molecule is CCN(C)C(=O)[C@@](C)(O)C#Cc1cc2c(cc1F)C1CC(C1)n1c-2nc(C(N)=O)c1C1CC1. The Bertz CT molecular complexity index is 1240. The number of carbonyl (C=O) groups is 2. The van der Waals surface area contributed by atoms with Gasteiger partial charge in [-0.15, -0.1) is 0 Å². The number of aliphatic hydroxyl groups is 1. The summed E-state index contributed by atoms with van der Waals surface area (Å²) >= 11 is 0. The standard InChI is InChI=1S/C25H27FN4O3/c1-4-29(3)24(32)25(2,33)8-7-14-11-18-17(12-19(14)26)15-9-16(10-15)30-21(13-5-6-13)20(22(27)31)28-23(18)30/h11-13,15-16,33H,4-6,9-10H2,1-3H3,(H2,27,31)/t15?,16?,25-/m0/s1. The minimum absolute atomic E-state index is 0.0724. The summed E-state index contributed by atoms with van der Waals surface area (Å²) in [6.45, 7) is 3.51. The number of nitrogens with two attached hydrogens (primary N) is 1. The number of rotatable bonds is 4. The second kappa shape index (κ2) is 7.42. The molecule has 0 unspecified atom stereocenters. The summed E-state index contributed by atoms with van der Waals surface area (Å²) in [6.07, 6.45) is 3.74. The second-order valence-electron chi connectivity index (χ2n) is 9.56. The summed E-state index contributed by atoms with van der Waals surface area (Å²) < 4.78 is 17.2. The van der Waals surface area contributed by atoms with Crippen LogP contribution >= 0.6 is 0 Å². The highest BCUT2D eigenvalue weighted by Crippen LogP contribution is 2.55. The minimum atomic E-state index is -1.94. The fourth-order valence-corrected chi connectivity index (χ4v) is 4.96. The molecule has 33 heavy (non-hydrogen) atoms. The van der Waals surface area contributed by atoms with Gasteiger partial charge in [-0.2, -0.15) is 0 Å². The predicted octanol–water partition coefficient (Wildman–Crippen LogP) is 2.68. The summed E-state index contributed by atoms with van der Waals surface area (Å²) in [5.41, 5.74) is 6.58. The molecular weight excluding hydrogens is 423 g/mol. The largest absolute Gasteiger partial charge is 0.370 e. The molecule has 2 bridgehead atoms. The Morgan fingerprint density at radius 3 is 2.64 bits per heavy atom. The summed E-state index contributed by atoms with van der Waals surface area (Å²) in [6, 6.07) is 3.33. The zero-order valence-electron chi connectivity index (χ0n) is 19.0. The summed E-state index contributed by atoms with van der Waals surface area (Å²) in [5, 5.41) is 10.5. The highest BCUT2D eigenvalue weighted by Gasteiger charge is 2.44. The van der Waals surface area contributed by atoms with Gasteiger partial charge in [-0.3, -0.25) is 9.59 Å². The number of carbonyl (C=O) groups excluding carboxylic acids is 2. The lowest BCUT2D eigenvalue weighted by molar-refractivity contribution is -0.142. The van der Waals surface area contributed by atoms with Crippen LogP contribution in [0.15, 0.2) is 12.1 Å². The van der Waals surface area contributed by atoms with Crippen molar-refractivity contribution in [3.8, 4) is 23.2 Å². The van der Waals surface area contributed by atoms with Gasteiger partial charge in [-0.25, -0.2) is 9.37 Å². The molecule has 2 fully saturated rings. The van der Waals surface area contributed by atoms with E-state index in [0.29, 0.717) is 18.1 Å². The van der Waals surface area contributed by atoms with Gasteiger partial charge in [0, 0.05) is 31.1 Å². The van der Waals surface area contributed by atoms with Gasteiger partial charge in [0.1, 0.15) is 17.3 Å². The molecule has 8 heteroatoms. The first-order chi connectivity index (χ1) is 15.6. The molecule has 3 N–H and O–H groups in total. The van der Waals surface area contributed by atoms with Gasteiger partial charge in [0.25, 0.3) is 11.8 Å². The lowest BCUT2D eigenvalue weighted by Crippen LogP contribution is -2.44. The summed E-state index contributed by atoms with van der Waals surface area (Å²) in [5.74, 6) is 4.73. The maximum Gasteiger partial charge on any atom is 0.269 e. The zero-order valence-corrected chi connectivity index (χ0v) is 19.0.